The minimum atomic E-state index is -0.0706. The van der Waals surface area contributed by atoms with Crippen LogP contribution in [0.4, 0.5) is 0 Å². The van der Waals surface area contributed by atoms with Crippen LogP contribution in [0, 0.1) is 5.92 Å². The Morgan fingerprint density at radius 2 is 0.922 bits per heavy atom. The van der Waals surface area contributed by atoms with Crippen LogP contribution in [0.5, 0.6) is 0 Å². The molecule has 0 aromatic heterocycles. The summed E-state index contributed by atoms with van der Waals surface area (Å²) in [6, 6.07) is 1.54. The zero-order chi connectivity index (χ0) is 37.6. The molecule has 0 saturated heterocycles. The number of aliphatic hydroxyl groups is 1. The zero-order valence-electron chi connectivity index (χ0n) is 34.5. The molecule has 0 aliphatic heterocycles. The van der Waals surface area contributed by atoms with Gasteiger partial charge in [-0.05, 0) is 71.8 Å². The molecule has 0 amide bonds. The van der Waals surface area contributed by atoms with Gasteiger partial charge in [0.2, 0.25) is 0 Å². The predicted octanol–water partition coefficient (Wildman–Crippen LogP) is 9.80. The van der Waals surface area contributed by atoms with Gasteiger partial charge in [0.15, 0.2) is 0 Å². The van der Waals surface area contributed by atoms with E-state index in [2.05, 4.69) is 50.7 Å². The normalized spacial score (nSPS) is 13.9. The van der Waals surface area contributed by atoms with Gasteiger partial charge in [-0.3, -0.25) is 9.59 Å². The van der Waals surface area contributed by atoms with Crippen molar-refractivity contribution in [2.24, 2.45) is 5.92 Å². The molecule has 0 saturated carbocycles. The lowest BCUT2D eigenvalue weighted by molar-refractivity contribution is -0.144. The second-order valence-electron chi connectivity index (χ2n) is 15.5. The molecule has 0 spiro atoms. The maximum Gasteiger partial charge on any atom is 0.305 e. The van der Waals surface area contributed by atoms with Crippen LogP contribution in [-0.4, -0.2) is 75.1 Å². The summed E-state index contributed by atoms with van der Waals surface area (Å²) in [5.74, 6) is 0.621. The van der Waals surface area contributed by atoms with Crippen LogP contribution in [0.15, 0.2) is 0 Å². The minimum Gasteiger partial charge on any atom is -0.464 e. The maximum atomic E-state index is 12.1. The summed E-state index contributed by atoms with van der Waals surface area (Å²) in [5, 5.41) is 19.3. The number of nitrogens with one attached hydrogen (secondary N) is 3. The van der Waals surface area contributed by atoms with E-state index in [0.29, 0.717) is 50.8 Å². The molecule has 0 aliphatic carbocycles. The standard InChI is InChI=1S/C43H87N3O5/c1-6-7-30-41(44-5)38(2)27-21-15-10-12-18-24-31-42(48)50-37-34-46-40(4)29-23-17-11-13-19-25-32-43(49)51-36-33-45-39(3)28-22-16-9-8-14-20-26-35-47/h38-41,44-47H,6-37H2,1-5H3/t38?,39?,40?,41-/m0/s1. The largest absolute Gasteiger partial charge is 0.464 e. The van der Waals surface area contributed by atoms with Gasteiger partial charge in [-0.2, -0.15) is 0 Å². The van der Waals surface area contributed by atoms with Crippen molar-refractivity contribution in [1.82, 2.24) is 16.0 Å². The number of carbonyl (C=O) groups excluding carboxylic acids is 2. The van der Waals surface area contributed by atoms with Crippen molar-refractivity contribution >= 4 is 11.9 Å². The van der Waals surface area contributed by atoms with Crippen LogP contribution in [0.2, 0.25) is 0 Å². The SMILES string of the molecule is CCCC[C@H](NC)C(C)CCCCCCCCC(=O)OCCNC(C)CCCCCCCCC(=O)OCCNC(C)CCCCCCCCCO. The molecule has 8 heteroatoms. The van der Waals surface area contributed by atoms with Crippen LogP contribution in [0.3, 0.4) is 0 Å². The first kappa shape index (κ1) is 49.8. The molecule has 4 atom stereocenters. The van der Waals surface area contributed by atoms with Crippen LogP contribution < -0.4 is 16.0 Å². The fourth-order valence-corrected chi connectivity index (χ4v) is 6.94. The molecule has 0 fully saturated rings. The van der Waals surface area contributed by atoms with E-state index < -0.39 is 0 Å². The first-order valence-corrected chi connectivity index (χ1v) is 21.9. The third kappa shape index (κ3) is 35.6. The molecular weight excluding hydrogens is 638 g/mol. The zero-order valence-corrected chi connectivity index (χ0v) is 34.5. The van der Waals surface area contributed by atoms with Gasteiger partial charge >= 0.3 is 11.9 Å². The quantitative estimate of drug-likeness (QED) is 0.0365. The molecule has 3 unspecified atom stereocenters. The Morgan fingerprint density at radius 3 is 1.33 bits per heavy atom. The van der Waals surface area contributed by atoms with Crippen molar-refractivity contribution < 1.29 is 24.2 Å². The van der Waals surface area contributed by atoms with Crippen LogP contribution in [0.25, 0.3) is 0 Å². The molecular formula is C43H87N3O5. The average Bonchev–Trinajstić information content (AvgIpc) is 3.12. The molecule has 0 aliphatic rings. The molecule has 304 valence electrons. The van der Waals surface area contributed by atoms with Gasteiger partial charge in [0, 0.05) is 50.7 Å². The van der Waals surface area contributed by atoms with E-state index in [9.17, 15) is 9.59 Å². The maximum absolute atomic E-state index is 12.1. The van der Waals surface area contributed by atoms with Crippen molar-refractivity contribution in [3.63, 3.8) is 0 Å². The minimum absolute atomic E-state index is 0.0573. The van der Waals surface area contributed by atoms with E-state index in [0.717, 1.165) is 70.4 Å². The van der Waals surface area contributed by atoms with Gasteiger partial charge in [0.05, 0.1) is 0 Å². The lowest BCUT2D eigenvalue weighted by Gasteiger charge is -2.23. The molecule has 51 heavy (non-hydrogen) atoms. The number of carbonyl (C=O) groups is 2. The molecule has 0 radical (unpaired) electrons. The fraction of sp³-hybridized carbons (Fsp3) is 0.953. The highest BCUT2D eigenvalue weighted by atomic mass is 16.5. The number of ether oxygens (including phenoxy) is 2. The molecule has 4 N–H and O–H groups in total. The lowest BCUT2D eigenvalue weighted by atomic mass is 9.91. The van der Waals surface area contributed by atoms with Gasteiger partial charge in [0.1, 0.15) is 13.2 Å². The number of esters is 2. The Labute approximate surface area is 316 Å². The van der Waals surface area contributed by atoms with E-state index in [1.54, 1.807) is 0 Å². The molecule has 8 nitrogen and oxygen atoms in total. The number of hydrogen-bond donors (Lipinski definition) is 4. The Morgan fingerprint density at radius 1 is 0.529 bits per heavy atom. The van der Waals surface area contributed by atoms with Crippen molar-refractivity contribution in [2.75, 3.05) is 40.0 Å². The Bertz CT molecular complexity index is 755. The summed E-state index contributed by atoms with van der Waals surface area (Å²) in [6.45, 7) is 11.8. The second-order valence-corrected chi connectivity index (χ2v) is 15.5. The Balaban J connectivity index is 3.48. The summed E-state index contributed by atoms with van der Waals surface area (Å²) in [4.78, 5) is 24.1. The summed E-state index contributed by atoms with van der Waals surface area (Å²) >= 11 is 0. The monoisotopic (exact) mass is 726 g/mol. The van der Waals surface area contributed by atoms with Gasteiger partial charge in [-0.1, -0.05) is 129 Å². The van der Waals surface area contributed by atoms with Crippen molar-refractivity contribution in [3.8, 4) is 0 Å². The van der Waals surface area contributed by atoms with E-state index in [1.165, 1.54) is 109 Å². The molecule has 0 rings (SSSR count). The summed E-state index contributed by atoms with van der Waals surface area (Å²) in [7, 11) is 2.10. The van der Waals surface area contributed by atoms with Crippen LogP contribution in [0.1, 0.15) is 201 Å². The van der Waals surface area contributed by atoms with Gasteiger partial charge in [-0.25, -0.2) is 0 Å². The Hall–Kier alpha value is -1.22. The second kappa shape index (κ2) is 38.5. The molecule has 0 heterocycles. The highest BCUT2D eigenvalue weighted by Crippen LogP contribution is 2.19. The van der Waals surface area contributed by atoms with Crippen molar-refractivity contribution in [3.05, 3.63) is 0 Å². The topological polar surface area (TPSA) is 109 Å². The summed E-state index contributed by atoms with van der Waals surface area (Å²) < 4.78 is 10.9. The third-order valence-corrected chi connectivity index (χ3v) is 10.5. The van der Waals surface area contributed by atoms with Gasteiger partial charge in [0.25, 0.3) is 0 Å². The highest BCUT2D eigenvalue weighted by molar-refractivity contribution is 5.69. The van der Waals surface area contributed by atoms with Gasteiger partial charge < -0.3 is 30.5 Å². The Kier molecular flexibility index (Phi) is 37.6. The molecule has 0 aromatic carbocycles. The van der Waals surface area contributed by atoms with E-state index in [-0.39, 0.29) is 11.9 Å². The number of rotatable bonds is 40. The van der Waals surface area contributed by atoms with Crippen LogP contribution >= 0.6 is 0 Å². The average molecular weight is 726 g/mol. The van der Waals surface area contributed by atoms with Crippen molar-refractivity contribution in [1.29, 1.82) is 0 Å². The molecule has 0 aromatic rings. The smallest absolute Gasteiger partial charge is 0.305 e. The predicted molar refractivity (Wildman–Crippen MR) is 216 cm³/mol. The first-order valence-electron chi connectivity index (χ1n) is 21.9. The summed E-state index contributed by atoms with van der Waals surface area (Å²) in [5.41, 5.74) is 0. The third-order valence-electron chi connectivity index (χ3n) is 10.5. The van der Waals surface area contributed by atoms with Gasteiger partial charge in [-0.15, -0.1) is 0 Å². The lowest BCUT2D eigenvalue weighted by Crippen LogP contribution is -2.31. The van der Waals surface area contributed by atoms with Crippen molar-refractivity contribution in [2.45, 2.75) is 219 Å². The fourth-order valence-electron chi connectivity index (χ4n) is 6.94. The number of unbranched alkanes of at least 4 members (excludes halogenated alkanes) is 17. The first-order chi connectivity index (χ1) is 24.8. The summed E-state index contributed by atoms with van der Waals surface area (Å²) in [6.07, 6.45) is 30.9. The van der Waals surface area contributed by atoms with E-state index in [4.69, 9.17) is 14.6 Å². The van der Waals surface area contributed by atoms with E-state index >= 15 is 0 Å². The highest BCUT2D eigenvalue weighted by Gasteiger charge is 2.14. The van der Waals surface area contributed by atoms with E-state index in [1.807, 2.05) is 0 Å². The molecule has 0 bridgehead atoms. The number of hydrogen-bond acceptors (Lipinski definition) is 8. The number of aliphatic hydroxyl groups excluding tert-OH is 1. The van der Waals surface area contributed by atoms with Crippen LogP contribution in [-0.2, 0) is 19.1 Å².